The van der Waals surface area contributed by atoms with Gasteiger partial charge in [-0.1, -0.05) is 6.07 Å². The number of amides is 1. The summed E-state index contributed by atoms with van der Waals surface area (Å²) < 4.78 is 25.5. The normalized spacial score (nSPS) is 12.3. The molecule has 0 aliphatic heterocycles. The third-order valence-electron chi connectivity index (χ3n) is 1.72. The first-order valence-corrected chi connectivity index (χ1v) is 3.77. The van der Waals surface area contributed by atoms with Crippen LogP contribution in [-0.4, -0.2) is 5.91 Å². The molecule has 0 radical (unpaired) electrons. The lowest BCUT2D eigenvalue weighted by Crippen LogP contribution is -2.38. The lowest BCUT2D eigenvalue weighted by molar-refractivity contribution is -0.122. The van der Waals surface area contributed by atoms with Crippen molar-refractivity contribution in [2.24, 2.45) is 11.6 Å². The van der Waals surface area contributed by atoms with Crippen LogP contribution >= 0.6 is 0 Å². The van der Waals surface area contributed by atoms with Crippen LogP contribution in [0.2, 0.25) is 0 Å². The van der Waals surface area contributed by atoms with Gasteiger partial charge in [-0.05, 0) is 6.07 Å². The predicted molar refractivity (Wildman–Crippen MR) is 45.6 cm³/mol. The number of nitrogens with one attached hydrogen (secondary N) is 1. The van der Waals surface area contributed by atoms with E-state index in [2.05, 4.69) is 0 Å². The number of halogens is 2. The predicted octanol–water partition coefficient (Wildman–Crippen LogP) is -0.0455. The minimum Gasteiger partial charge on any atom is -0.316 e. The van der Waals surface area contributed by atoms with Crippen molar-refractivity contribution in [2.75, 3.05) is 0 Å². The molecule has 76 valence electrons. The number of carbonyl (C=O) groups is 1. The van der Waals surface area contributed by atoms with Crippen molar-refractivity contribution in [1.82, 2.24) is 5.43 Å². The highest BCUT2D eigenvalue weighted by Crippen LogP contribution is 2.15. The first-order valence-electron chi connectivity index (χ1n) is 3.77. The first-order chi connectivity index (χ1) is 6.56. The smallest absolute Gasteiger partial charge is 0.255 e. The molecule has 0 aliphatic carbocycles. The van der Waals surface area contributed by atoms with E-state index in [1.807, 2.05) is 0 Å². The van der Waals surface area contributed by atoms with Gasteiger partial charge in [-0.25, -0.2) is 14.6 Å². The summed E-state index contributed by atoms with van der Waals surface area (Å²) in [6.45, 7) is 0. The highest BCUT2D eigenvalue weighted by atomic mass is 19.1. The molecule has 0 spiro atoms. The van der Waals surface area contributed by atoms with Crippen LogP contribution in [0, 0.1) is 11.6 Å². The summed E-state index contributed by atoms with van der Waals surface area (Å²) in [6, 6.07) is 1.53. The molecule has 0 saturated heterocycles. The molecule has 0 fully saturated rings. The number of benzene rings is 1. The van der Waals surface area contributed by atoms with E-state index in [1.165, 1.54) is 0 Å². The summed E-state index contributed by atoms with van der Waals surface area (Å²) in [7, 11) is 0. The Balaban J connectivity index is 3.01. The second kappa shape index (κ2) is 4.12. The van der Waals surface area contributed by atoms with Gasteiger partial charge in [0.05, 0.1) is 0 Å². The van der Waals surface area contributed by atoms with Crippen molar-refractivity contribution in [1.29, 1.82) is 0 Å². The fraction of sp³-hybridized carbons (Fsp3) is 0.125. The summed E-state index contributed by atoms with van der Waals surface area (Å²) in [5.41, 5.74) is 7.02. The van der Waals surface area contributed by atoms with Gasteiger partial charge in [-0.2, -0.15) is 0 Å². The van der Waals surface area contributed by atoms with Crippen molar-refractivity contribution in [3.05, 3.63) is 35.4 Å². The van der Waals surface area contributed by atoms with Crippen LogP contribution in [0.5, 0.6) is 0 Å². The molecule has 1 atom stereocenters. The van der Waals surface area contributed by atoms with E-state index >= 15 is 0 Å². The highest BCUT2D eigenvalue weighted by Gasteiger charge is 2.18. The quantitative estimate of drug-likeness (QED) is 0.356. The molecular weight excluding hydrogens is 192 g/mol. The summed E-state index contributed by atoms with van der Waals surface area (Å²) in [6.07, 6.45) is 0. The average molecular weight is 201 g/mol. The molecule has 4 nitrogen and oxygen atoms in total. The fourth-order valence-corrected chi connectivity index (χ4v) is 0.985. The van der Waals surface area contributed by atoms with Crippen LogP contribution in [0.1, 0.15) is 11.6 Å². The fourth-order valence-electron chi connectivity index (χ4n) is 0.985. The van der Waals surface area contributed by atoms with Crippen molar-refractivity contribution in [3.8, 4) is 0 Å². The Kier molecular flexibility index (Phi) is 3.10. The van der Waals surface area contributed by atoms with E-state index in [0.717, 1.165) is 12.1 Å². The van der Waals surface area contributed by atoms with Crippen molar-refractivity contribution >= 4 is 5.91 Å². The number of hydrazine groups is 1. The zero-order valence-corrected chi connectivity index (χ0v) is 7.13. The maximum atomic E-state index is 13.1. The summed E-state index contributed by atoms with van der Waals surface area (Å²) >= 11 is 0. The molecule has 14 heavy (non-hydrogen) atoms. The summed E-state index contributed by atoms with van der Waals surface area (Å²) in [5, 5.41) is 0. The largest absolute Gasteiger partial charge is 0.316 e. The van der Waals surface area contributed by atoms with Gasteiger partial charge >= 0.3 is 0 Å². The molecular formula is C8H9F2N3O. The monoisotopic (exact) mass is 201 g/mol. The maximum Gasteiger partial charge on any atom is 0.255 e. The Morgan fingerprint density at radius 2 is 2.07 bits per heavy atom. The lowest BCUT2D eigenvalue weighted by Gasteiger charge is -2.10. The second-order valence-corrected chi connectivity index (χ2v) is 2.65. The average Bonchev–Trinajstić information content (AvgIpc) is 2.15. The number of nitrogens with two attached hydrogens (primary N) is 2. The van der Waals surface area contributed by atoms with Gasteiger partial charge in [-0.3, -0.25) is 10.2 Å². The highest BCUT2D eigenvalue weighted by molar-refractivity contribution is 5.82. The number of carbonyl (C=O) groups excluding carboxylic acids is 1. The van der Waals surface area contributed by atoms with Gasteiger partial charge in [0.2, 0.25) is 0 Å². The zero-order valence-electron chi connectivity index (χ0n) is 7.13. The van der Waals surface area contributed by atoms with E-state index in [9.17, 15) is 13.6 Å². The second-order valence-electron chi connectivity index (χ2n) is 2.65. The standard InChI is InChI=1S/C8H9F2N3O/c9-4-1-2-5(6(10)3-4)7(11)8(14)13-12/h1-3,7H,11-12H2,(H,13,14). The van der Waals surface area contributed by atoms with Gasteiger partial charge in [0.1, 0.15) is 17.7 Å². The van der Waals surface area contributed by atoms with Crippen LogP contribution in [-0.2, 0) is 4.79 Å². The zero-order chi connectivity index (χ0) is 10.7. The molecule has 6 heteroatoms. The van der Waals surface area contributed by atoms with Crippen LogP contribution < -0.4 is 17.0 Å². The SMILES string of the molecule is NNC(=O)C(N)c1ccc(F)cc1F. The van der Waals surface area contributed by atoms with E-state index in [1.54, 1.807) is 5.43 Å². The molecule has 0 saturated carbocycles. The third kappa shape index (κ3) is 2.04. The molecule has 1 aromatic rings. The Hall–Kier alpha value is -1.53. The molecule has 0 aliphatic rings. The van der Waals surface area contributed by atoms with Crippen LogP contribution in [0.4, 0.5) is 8.78 Å². The van der Waals surface area contributed by atoms with Gasteiger partial charge in [0, 0.05) is 11.6 Å². The third-order valence-corrected chi connectivity index (χ3v) is 1.72. The van der Waals surface area contributed by atoms with Crippen molar-refractivity contribution in [2.45, 2.75) is 6.04 Å². The van der Waals surface area contributed by atoms with Crippen LogP contribution in [0.3, 0.4) is 0 Å². The Labute approximate surface area is 78.9 Å². The van der Waals surface area contributed by atoms with E-state index in [-0.39, 0.29) is 5.56 Å². The van der Waals surface area contributed by atoms with Crippen molar-refractivity contribution < 1.29 is 13.6 Å². The number of hydrogen-bond donors (Lipinski definition) is 3. The first kappa shape index (κ1) is 10.6. The maximum absolute atomic E-state index is 13.1. The summed E-state index contributed by atoms with van der Waals surface area (Å²) in [5.74, 6) is 2.47. The topological polar surface area (TPSA) is 81.1 Å². The van der Waals surface area contributed by atoms with Crippen LogP contribution in [0.25, 0.3) is 0 Å². The van der Waals surface area contributed by atoms with Gasteiger partial charge in [0.25, 0.3) is 5.91 Å². The molecule has 0 heterocycles. The Morgan fingerprint density at radius 3 is 2.57 bits per heavy atom. The molecule has 1 rings (SSSR count). The molecule has 0 bridgehead atoms. The van der Waals surface area contributed by atoms with E-state index < -0.39 is 23.6 Å². The Morgan fingerprint density at radius 1 is 1.43 bits per heavy atom. The van der Waals surface area contributed by atoms with E-state index in [4.69, 9.17) is 11.6 Å². The molecule has 1 aromatic carbocycles. The number of rotatable bonds is 2. The van der Waals surface area contributed by atoms with Crippen molar-refractivity contribution in [3.63, 3.8) is 0 Å². The molecule has 1 unspecified atom stereocenters. The molecule has 1 amide bonds. The Bertz CT molecular complexity index is 356. The summed E-state index contributed by atoms with van der Waals surface area (Å²) in [4.78, 5) is 10.9. The lowest BCUT2D eigenvalue weighted by atomic mass is 10.1. The van der Waals surface area contributed by atoms with Gasteiger partial charge < -0.3 is 5.73 Å². The minimum absolute atomic E-state index is 0.102. The van der Waals surface area contributed by atoms with Gasteiger partial charge in [0.15, 0.2) is 0 Å². The molecule has 0 aromatic heterocycles. The molecule has 5 N–H and O–H groups in total. The van der Waals surface area contributed by atoms with E-state index in [0.29, 0.717) is 6.07 Å². The van der Waals surface area contributed by atoms with Gasteiger partial charge in [-0.15, -0.1) is 0 Å². The van der Waals surface area contributed by atoms with Crippen LogP contribution in [0.15, 0.2) is 18.2 Å². The minimum atomic E-state index is -1.24. The number of hydrogen-bond acceptors (Lipinski definition) is 3.